The second-order valence-corrected chi connectivity index (χ2v) is 12.1. The quantitative estimate of drug-likeness (QED) is 0.328. The molecule has 4 heterocycles. The van der Waals surface area contributed by atoms with E-state index in [1.165, 1.54) is 11.1 Å². The number of nitrogens with zero attached hydrogens (tertiary/aromatic N) is 5. The second kappa shape index (κ2) is 13.1. The van der Waals surface area contributed by atoms with Gasteiger partial charge in [-0.3, -0.25) is 14.6 Å². The van der Waals surface area contributed by atoms with Gasteiger partial charge in [-0.2, -0.15) is 0 Å². The molecule has 2 N–H and O–H groups in total. The van der Waals surface area contributed by atoms with Crippen LogP contribution in [0.5, 0.6) is 0 Å². The van der Waals surface area contributed by atoms with Crippen LogP contribution in [0.4, 0.5) is 0 Å². The molecule has 9 nitrogen and oxygen atoms in total. The molecule has 0 saturated carbocycles. The van der Waals surface area contributed by atoms with Crippen LogP contribution in [0.15, 0.2) is 49.1 Å². The lowest BCUT2D eigenvalue weighted by Gasteiger charge is -2.40. The number of hydrogen-bond acceptors (Lipinski definition) is 7. The summed E-state index contributed by atoms with van der Waals surface area (Å²) in [5.41, 5.74) is 2.68. The van der Waals surface area contributed by atoms with Crippen molar-refractivity contribution in [2.24, 2.45) is 11.3 Å². The van der Waals surface area contributed by atoms with Crippen LogP contribution in [-0.4, -0.2) is 79.4 Å². The lowest BCUT2D eigenvalue weighted by Crippen LogP contribution is -2.42. The molecule has 9 heteroatoms. The molecule has 0 amide bonds. The van der Waals surface area contributed by atoms with Crippen LogP contribution in [-0.2, 0) is 35.7 Å². The van der Waals surface area contributed by atoms with Crippen LogP contribution in [0.25, 0.3) is 0 Å². The molecule has 0 radical (unpaired) electrons. The summed E-state index contributed by atoms with van der Waals surface area (Å²) in [6, 6.07) is 8.69. The van der Waals surface area contributed by atoms with Crippen LogP contribution < -0.4 is 0 Å². The Morgan fingerprint density at radius 2 is 1.65 bits per heavy atom. The Bertz CT molecular complexity index is 1130. The molecule has 3 aromatic rings. The minimum absolute atomic E-state index is 0.0629. The maximum atomic E-state index is 13.0. The monoisotopic (exact) mass is 547 g/mol. The van der Waals surface area contributed by atoms with Crippen molar-refractivity contribution in [2.75, 3.05) is 32.8 Å². The molecule has 2 fully saturated rings. The molecule has 2 aromatic heterocycles. The summed E-state index contributed by atoms with van der Waals surface area (Å²) in [5, 5.41) is 0. The van der Waals surface area contributed by atoms with E-state index >= 15 is 0 Å². The highest BCUT2D eigenvalue weighted by molar-refractivity contribution is 5.76. The minimum Gasteiger partial charge on any atom is -0.465 e. The molecule has 0 bridgehead atoms. The largest absolute Gasteiger partial charge is 0.465 e. The molecule has 40 heavy (non-hydrogen) atoms. The van der Waals surface area contributed by atoms with Crippen molar-refractivity contribution in [1.29, 1.82) is 0 Å². The highest BCUT2D eigenvalue weighted by atomic mass is 16.5. The number of imidazole rings is 2. The van der Waals surface area contributed by atoms with E-state index in [0.717, 1.165) is 70.2 Å². The molecule has 1 aromatic carbocycles. The van der Waals surface area contributed by atoms with Gasteiger partial charge in [0.25, 0.3) is 0 Å². The van der Waals surface area contributed by atoms with Gasteiger partial charge in [0.2, 0.25) is 0 Å². The van der Waals surface area contributed by atoms with Gasteiger partial charge in [-0.15, -0.1) is 0 Å². The molecule has 0 aliphatic carbocycles. The van der Waals surface area contributed by atoms with Crippen LogP contribution in [0.3, 0.4) is 0 Å². The van der Waals surface area contributed by atoms with E-state index in [0.29, 0.717) is 25.6 Å². The Morgan fingerprint density at radius 1 is 1.02 bits per heavy atom. The zero-order chi connectivity index (χ0) is 28.0. The van der Waals surface area contributed by atoms with Crippen LogP contribution in [0.1, 0.15) is 62.8 Å². The van der Waals surface area contributed by atoms with Gasteiger partial charge >= 0.3 is 5.97 Å². The molecule has 5 rings (SSSR count). The van der Waals surface area contributed by atoms with Gasteiger partial charge in [0.05, 0.1) is 19.7 Å². The van der Waals surface area contributed by atoms with E-state index in [4.69, 9.17) is 4.74 Å². The first kappa shape index (κ1) is 28.5. The first-order chi connectivity index (χ1) is 19.4. The number of piperidine rings is 1. The molecule has 2 saturated heterocycles. The van der Waals surface area contributed by atoms with Gasteiger partial charge in [-0.05, 0) is 61.7 Å². The maximum absolute atomic E-state index is 13.0. The van der Waals surface area contributed by atoms with Gasteiger partial charge in [-0.1, -0.05) is 38.1 Å². The Morgan fingerprint density at radius 3 is 2.20 bits per heavy atom. The van der Waals surface area contributed by atoms with Gasteiger partial charge < -0.3 is 19.6 Å². The third-order valence-corrected chi connectivity index (χ3v) is 8.38. The number of esters is 1. The van der Waals surface area contributed by atoms with Gasteiger partial charge in [-0.25, -0.2) is 9.97 Å². The minimum atomic E-state index is -0.159. The predicted molar refractivity (Wildman–Crippen MR) is 155 cm³/mol. The van der Waals surface area contributed by atoms with Crippen molar-refractivity contribution in [1.82, 2.24) is 34.6 Å². The average molecular weight is 548 g/mol. The van der Waals surface area contributed by atoms with E-state index in [2.05, 4.69) is 72.7 Å². The fourth-order valence-corrected chi connectivity index (χ4v) is 6.47. The van der Waals surface area contributed by atoms with Gasteiger partial charge in [0.15, 0.2) is 0 Å². The van der Waals surface area contributed by atoms with Crippen molar-refractivity contribution < 1.29 is 9.53 Å². The highest BCUT2D eigenvalue weighted by Crippen LogP contribution is 2.44. The number of carbonyl (C=O) groups is 1. The molecular weight excluding hydrogens is 502 g/mol. The third-order valence-electron chi connectivity index (χ3n) is 8.38. The molecular formula is C31H45N7O2. The second-order valence-electron chi connectivity index (χ2n) is 12.1. The summed E-state index contributed by atoms with van der Waals surface area (Å²) in [4.78, 5) is 35.6. The molecule has 1 atom stereocenters. The smallest absolute Gasteiger partial charge is 0.323 e. The van der Waals surface area contributed by atoms with Crippen LogP contribution in [0, 0.1) is 11.3 Å². The number of carbonyl (C=O) groups excluding carboxylic acids is 1. The number of likely N-dealkylation sites (tertiary alicyclic amines) is 2. The topological polar surface area (TPSA) is 93.4 Å². The summed E-state index contributed by atoms with van der Waals surface area (Å²) in [6.45, 7) is 14.3. The third kappa shape index (κ3) is 7.38. The summed E-state index contributed by atoms with van der Waals surface area (Å²) < 4.78 is 5.54. The molecule has 216 valence electrons. The van der Waals surface area contributed by atoms with Crippen molar-refractivity contribution in [3.05, 3.63) is 71.8 Å². The number of ether oxygens (including phenoxy) is 1. The van der Waals surface area contributed by atoms with E-state index in [9.17, 15) is 4.79 Å². The fourth-order valence-electron chi connectivity index (χ4n) is 6.47. The first-order valence-electron chi connectivity index (χ1n) is 14.8. The number of nitrogens with one attached hydrogen (secondary N) is 2. The fraction of sp³-hybridized carbons (Fsp3) is 0.581. The number of benzene rings is 1. The van der Waals surface area contributed by atoms with Crippen molar-refractivity contribution in [2.45, 2.75) is 72.3 Å². The lowest BCUT2D eigenvalue weighted by molar-refractivity contribution is -0.148. The van der Waals surface area contributed by atoms with Crippen molar-refractivity contribution >= 4 is 5.97 Å². The number of hydrogen-bond donors (Lipinski definition) is 2. The molecule has 0 unspecified atom stereocenters. The zero-order valence-electron chi connectivity index (χ0n) is 24.3. The molecule has 2 aliphatic rings. The van der Waals surface area contributed by atoms with Gasteiger partial charge in [0.1, 0.15) is 17.7 Å². The number of rotatable bonds is 12. The van der Waals surface area contributed by atoms with Gasteiger partial charge in [0, 0.05) is 51.0 Å². The predicted octanol–water partition coefficient (Wildman–Crippen LogP) is 4.21. The average Bonchev–Trinajstić information content (AvgIpc) is 3.70. The summed E-state index contributed by atoms with van der Waals surface area (Å²) in [7, 11) is 0. The summed E-state index contributed by atoms with van der Waals surface area (Å²) in [6.07, 6.45) is 10.5. The highest BCUT2D eigenvalue weighted by Gasteiger charge is 2.48. The number of H-pyrrole nitrogens is 2. The van der Waals surface area contributed by atoms with E-state index in [1.54, 1.807) is 12.4 Å². The Labute approximate surface area is 238 Å². The van der Waals surface area contributed by atoms with Crippen LogP contribution >= 0.6 is 0 Å². The van der Waals surface area contributed by atoms with Crippen LogP contribution in [0.2, 0.25) is 0 Å². The molecule has 1 spiro atoms. The zero-order valence-corrected chi connectivity index (χ0v) is 24.3. The first-order valence-corrected chi connectivity index (χ1v) is 14.8. The van der Waals surface area contributed by atoms with E-state index in [1.807, 2.05) is 19.3 Å². The maximum Gasteiger partial charge on any atom is 0.323 e. The number of aromatic amines is 2. The lowest BCUT2D eigenvalue weighted by atomic mass is 9.76. The normalized spacial score (nSPS) is 19.7. The number of aromatic nitrogens is 4. The summed E-state index contributed by atoms with van der Waals surface area (Å²) >= 11 is 0. The van der Waals surface area contributed by atoms with E-state index < -0.39 is 0 Å². The van der Waals surface area contributed by atoms with E-state index in [-0.39, 0.29) is 17.4 Å². The Balaban J connectivity index is 1.23. The van der Waals surface area contributed by atoms with Crippen molar-refractivity contribution in [3.63, 3.8) is 0 Å². The SMILES string of the molecule is CCOC(=O)[C@H]1CC2(CCN(CC(C)C)CC2)CN1Cc1ccc(CN(Cc2ncc[nH]2)Cc2ncc[nH]2)cc1. The standard InChI is InChI=1S/C31H45N7O2/c1-4-40-30(39)27-17-31(9-15-36(16-10-31)18-24(2)3)23-38(27)20-26-7-5-25(6-8-26)19-37(21-28-32-11-12-33-28)22-29-34-13-14-35-29/h5-8,11-14,24,27H,4,9-10,15-23H2,1-3H3,(H,32,33)(H,34,35)/t27-/m1/s1. The van der Waals surface area contributed by atoms with Crippen molar-refractivity contribution in [3.8, 4) is 0 Å². The Hall–Kier alpha value is -3.01. The Kier molecular flexibility index (Phi) is 9.34. The molecule has 2 aliphatic heterocycles. The summed E-state index contributed by atoms with van der Waals surface area (Å²) in [5.74, 6) is 2.50.